The zero-order valence-corrected chi connectivity index (χ0v) is 14.1. The second-order valence-corrected chi connectivity index (χ2v) is 6.97. The number of rotatable bonds is 10. The Bertz CT molecular complexity index is 346. The largest absolute Gasteiger partial charge is 0.379 e. The lowest BCUT2D eigenvalue weighted by Crippen LogP contribution is -2.29. The van der Waals surface area contributed by atoms with Gasteiger partial charge in [0.05, 0.1) is 17.0 Å². The Morgan fingerprint density at radius 3 is 2.63 bits per heavy atom. The first kappa shape index (κ1) is 17.1. The summed E-state index contributed by atoms with van der Waals surface area (Å²) in [6, 6.07) is 4.14. The van der Waals surface area contributed by atoms with Crippen LogP contribution in [0.2, 0.25) is 0 Å². The Hall–Kier alpha value is 0.0600. The third-order valence-electron chi connectivity index (χ3n) is 2.90. The smallest absolute Gasteiger partial charge is 0.107 e. The number of thiophene rings is 1. The molecule has 0 bridgehead atoms. The summed E-state index contributed by atoms with van der Waals surface area (Å²) in [4.78, 5) is 1.18. The van der Waals surface area contributed by atoms with Crippen molar-refractivity contribution in [3.63, 3.8) is 0 Å². The molecule has 3 nitrogen and oxygen atoms in total. The van der Waals surface area contributed by atoms with E-state index in [9.17, 15) is 0 Å². The molecule has 1 aromatic heterocycles. The van der Waals surface area contributed by atoms with Crippen molar-refractivity contribution in [1.82, 2.24) is 0 Å². The molecule has 2 atom stereocenters. The van der Waals surface area contributed by atoms with Crippen LogP contribution in [0.3, 0.4) is 0 Å². The predicted molar refractivity (Wildman–Crippen MR) is 84.7 cm³/mol. The predicted octanol–water partition coefficient (Wildman–Crippen LogP) is 4.12. The van der Waals surface area contributed by atoms with Crippen LogP contribution in [0.15, 0.2) is 15.9 Å². The molecule has 0 amide bonds. The number of halogens is 1. The number of hydrogen-bond donors (Lipinski definition) is 1. The zero-order valence-electron chi connectivity index (χ0n) is 11.7. The van der Waals surface area contributed by atoms with Crippen LogP contribution in [0.5, 0.6) is 0 Å². The quantitative estimate of drug-likeness (QED) is 0.646. The van der Waals surface area contributed by atoms with E-state index in [1.165, 1.54) is 4.88 Å². The maximum atomic E-state index is 6.15. The average Bonchev–Trinajstić information content (AvgIpc) is 2.83. The third-order valence-corrected chi connectivity index (χ3v) is 4.59. The van der Waals surface area contributed by atoms with E-state index >= 15 is 0 Å². The highest BCUT2D eigenvalue weighted by atomic mass is 79.9. The maximum Gasteiger partial charge on any atom is 0.107 e. The van der Waals surface area contributed by atoms with Gasteiger partial charge in [-0.25, -0.2) is 0 Å². The molecule has 19 heavy (non-hydrogen) atoms. The molecule has 0 aliphatic rings. The van der Waals surface area contributed by atoms with E-state index in [1.54, 1.807) is 11.3 Å². The SMILES string of the molecule is CCCCOCCOC(c1ccc(Br)s1)C(N)CC. The van der Waals surface area contributed by atoms with Crippen LogP contribution in [0.1, 0.15) is 44.1 Å². The minimum absolute atomic E-state index is 0.0289. The molecule has 0 saturated heterocycles. The number of unbranched alkanes of at least 4 members (excludes halogenated alkanes) is 1. The van der Waals surface area contributed by atoms with E-state index in [4.69, 9.17) is 15.2 Å². The lowest BCUT2D eigenvalue weighted by Gasteiger charge is -2.22. The van der Waals surface area contributed by atoms with Crippen molar-refractivity contribution >= 4 is 27.3 Å². The molecular weight excluding hydrogens is 326 g/mol. The average molecular weight is 350 g/mol. The molecule has 0 fully saturated rings. The lowest BCUT2D eigenvalue weighted by molar-refractivity contribution is -0.00664. The summed E-state index contributed by atoms with van der Waals surface area (Å²) in [6.07, 6.45) is 3.14. The van der Waals surface area contributed by atoms with E-state index in [0.29, 0.717) is 13.2 Å². The van der Waals surface area contributed by atoms with Gasteiger partial charge >= 0.3 is 0 Å². The molecule has 1 heterocycles. The van der Waals surface area contributed by atoms with Gasteiger partial charge in [0.2, 0.25) is 0 Å². The molecule has 0 aromatic carbocycles. The summed E-state index contributed by atoms with van der Waals surface area (Å²) in [5, 5.41) is 0. The van der Waals surface area contributed by atoms with Crippen molar-refractivity contribution < 1.29 is 9.47 Å². The normalized spacial score (nSPS) is 14.5. The van der Waals surface area contributed by atoms with Crippen molar-refractivity contribution in [2.24, 2.45) is 5.73 Å². The molecule has 0 aliphatic heterocycles. The monoisotopic (exact) mass is 349 g/mol. The molecule has 110 valence electrons. The van der Waals surface area contributed by atoms with Gasteiger partial charge in [0, 0.05) is 17.5 Å². The Balaban J connectivity index is 2.39. The number of nitrogens with two attached hydrogens (primary N) is 1. The van der Waals surface area contributed by atoms with Gasteiger partial charge in [-0.1, -0.05) is 20.3 Å². The van der Waals surface area contributed by atoms with Crippen LogP contribution in [0, 0.1) is 0 Å². The molecule has 1 rings (SSSR count). The number of ether oxygens (including phenoxy) is 2. The van der Waals surface area contributed by atoms with Crippen molar-refractivity contribution in [1.29, 1.82) is 0 Å². The fourth-order valence-corrected chi connectivity index (χ4v) is 3.24. The van der Waals surface area contributed by atoms with Gasteiger partial charge in [-0.05, 0) is 40.9 Å². The van der Waals surface area contributed by atoms with Crippen LogP contribution in [0.4, 0.5) is 0 Å². The standard InChI is InChI=1S/C14H24BrNO2S/c1-3-5-8-17-9-10-18-14(11(16)4-2)12-6-7-13(15)19-12/h6-7,11,14H,3-5,8-10,16H2,1-2H3. The molecule has 2 unspecified atom stereocenters. The highest BCUT2D eigenvalue weighted by Crippen LogP contribution is 2.31. The summed E-state index contributed by atoms with van der Waals surface area (Å²) in [7, 11) is 0. The van der Waals surface area contributed by atoms with Crippen LogP contribution in [-0.4, -0.2) is 25.9 Å². The Kier molecular flexibility index (Phi) is 8.90. The molecule has 0 radical (unpaired) electrons. The first-order chi connectivity index (χ1) is 9.19. The summed E-state index contributed by atoms with van der Waals surface area (Å²) in [5.74, 6) is 0. The van der Waals surface area contributed by atoms with Gasteiger partial charge in [0.15, 0.2) is 0 Å². The van der Waals surface area contributed by atoms with Crippen LogP contribution in [0.25, 0.3) is 0 Å². The van der Waals surface area contributed by atoms with Crippen LogP contribution in [-0.2, 0) is 9.47 Å². The third kappa shape index (κ3) is 6.36. The lowest BCUT2D eigenvalue weighted by atomic mass is 10.1. The van der Waals surface area contributed by atoms with Gasteiger partial charge in [0.1, 0.15) is 6.10 Å². The molecule has 0 saturated carbocycles. The summed E-state index contributed by atoms with van der Waals surface area (Å²) < 4.78 is 12.5. The van der Waals surface area contributed by atoms with E-state index in [-0.39, 0.29) is 12.1 Å². The maximum absolute atomic E-state index is 6.15. The van der Waals surface area contributed by atoms with Crippen molar-refractivity contribution in [2.75, 3.05) is 19.8 Å². The molecule has 1 aromatic rings. The van der Waals surface area contributed by atoms with Gasteiger partial charge in [-0.3, -0.25) is 0 Å². The van der Waals surface area contributed by atoms with Crippen molar-refractivity contribution in [2.45, 2.75) is 45.3 Å². The minimum Gasteiger partial charge on any atom is -0.379 e. The minimum atomic E-state index is -0.0314. The van der Waals surface area contributed by atoms with E-state index in [1.807, 2.05) is 6.07 Å². The van der Waals surface area contributed by atoms with Crippen molar-refractivity contribution in [3.05, 3.63) is 20.8 Å². The second-order valence-electron chi connectivity index (χ2n) is 4.47. The van der Waals surface area contributed by atoms with Gasteiger partial charge in [-0.2, -0.15) is 0 Å². The Labute approximate surface area is 128 Å². The summed E-state index contributed by atoms with van der Waals surface area (Å²) >= 11 is 5.16. The van der Waals surface area contributed by atoms with E-state index in [2.05, 4.69) is 35.8 Å². The second kappa shape index (κ2) is 9.88. The molecular formula is C14H24BrNO2S. The highest BCUT2D eigenvalue weighted by molar-refractivity contribution is 9.11. The van der Waals surface area contributed by atoms with E-state index in [0.717, 1.165) is 29.7 Å². The van der Waals surface area contributed by atoms with Gasteiger partial charge < -0.3 is 15.2 Å². The molecule has 2 N–H and O–H groups in total. The first-order valence-corrected chi connectivity index (χ1v) is 8.50. The number of hydrogen-bond acceptors (Lipinski definition) is 4. The van der Waals surface area contributed by atoms with Gasteiger partial charge in [-0.15, -0.1) is 11.3 Å². The zero-order chi connectivity index (χ0) is 14.1. The Morgan fingerprint density at radius 2 is 2.05 bits per heavy atom. The topological polar surface area (TPSA) is 44.5 Å². The summed E-state index contributed by atoms with van der Waals surface area (Å²) in [5.41, 5.74) is 6.15. The summed E-state index contributed by atoms with van der Waals surface area (Å²) in [6.45, 7) is 6.29. The molecule has 5 heteroatoms. The fraction of sp³-hybridized carbons (Fsp3) is 0.714. The van der Waals surface area contributed by atoms with Crippen molar-refractivity contribution in [3.8, 4) is 0 Å². The molecule has 0 spiro atoms. The Morgan fingerprint density at radius 1 is 1.26 bits per heavy atom. The van der Waals surface area contributed by atoms with Crippen LogP contribution < -0.4 is 5.73 Å². The van der Waals surface area contributed by atoms with E-state index < -0.39 is 0 Å². The van der Waals surface area contributed by atoms with Crippen LogP contribution >= 0.6 is 27.3 Å². The first-order valence-electron chi connectivity index (χ1n) is 6.89. The molecule has 0 aliphatic carbocycles. The fourth-order valence-electron chi connectivity index (χ4n) is 1.69. The highest BCUT2D eigenvalue weighted by Gasteiger charge is 2.20. The van der Waals surface area contributed by atoms with Gasteiger partial charge in [0.25, 0.3) is 0 Å².